The molecule has 1 aromatic heterocycles. The third-order valence-electron chi connectivity index (χ3n) is 3.99. The van der Waals surface area contributed by atoms with Gasteiger partial charge in [-0.2, -0.15) is 5.10 Å². The molecule has 4 nitrogen and oxygen atoms in total. The van der Waals surface area contributed by atoms with Crippen molar-refractivity contribution in [1.82, 2.24) is 14.7 Å². The highest BCUT2D eigenvalue weighted by Crippen LogP contribution is 2.48. The molecule has 2 aliphatic rings. The Kier molecular flexibility index (Phi) is 1.83. The minimum Gasteiger partial charge on any atom is -0.384 e. The molecule has 0 aromatic carbocycles. The van der Waals surface area contributed by atoms with Gasteiger partial charge in [-0.1, -0.05) is 6.42 Å². The highest BCUT2D eigenvalue weighted by molar-refractivity contribution is 5.38. The second-order valence-electron chi connectivity index (χ2n) is 5.18. The maximum atomic E-state index is 5.92. The molecular weight excluding hydrogens is 188 g/mol. The Morgan fingerprint density at radius 1 is 1.47 bits per heavy atom. The van der Waals surface area contributed by atoms with Gasteiger partial charge in [-0.15, -0.1) is 0 Å². The molecule has 0 unspecified atom stereocenters. The van der Waals surface area contributed by atoms with E-state index in [0.29, 0.717) is 5.41 Å². The SMILES string of the molecule is Cn1ncc(CN2CC3(CCC3)C2)c1N. The molecule has 15 heavy (non-hydrogen) atoms. The fourth-order valence-electron chi connectivity index (χ4n) is 2.86. The molecule has 1 saturated carbocycles. The summed E-state index contributed by atoms with van der Waals surface area (Å²) in [4.78, 5) is 2.48. The van der Waals surface area contributed by atoms with Gasteiger partial charge in [0.25, 0.3) is 0 Å². The Balaban J connectivity index is 1.61. The van der Waals surface area contributed by atoms with E-state index in [9.17, 15) is 0 Å². The van der Waals surface area contributed by atoms with E-state index >= 15 is 0 Å². The highest BCUT2D eigenvalue weighted by Gasteiger charge is 2.46. The van der Waals surface area contributed by atoms with Crippen LogP contribution in [0, 0.1) is 5.41 Å². The summed E-state index contributed by atoms with van der Waals surface area (Å²) in [6, 6.07) is 0. The Morgan fingerprint density at radius 3 is 2.67 bits per heavy atom. The van der Waals surface area contributed by atoms with E-state index in [1.165, 1.54) is 37.9 Å². The quantitative estimate of drug-likeness (QED) is 0.785. The van der Waals surface area contributed by atoms with Crippen molar-refractivity contribution in [1.29, 1.82) is 0 Å². The Hall–Kier alpha value is -1.03. The van der Waals surface area contributed by atoms with Crippen LogP contribution >= 0.6 is 0 Å². The van der Waals surface area contributed by atoms with E-state index in [2.05, 4.69) is 10.00 Å². The van der Waals surface area contributed by atoms with Gasteiger partial charge in [-0.3, -0.25) is 9.58 Å². The van der Waals surface area contributed by atoms with E-state index in [0.717, 1.165) is 12.4 Å². The van der Waals surface area contributed by atoms with Crippen molar-refractivity contribution in [3.8, 4) is 0 Å². The molecular formula is C11H18N4. The number of nitrogens with two attached hydrogens (primary N) is 1. The number of nitrogen functional groups attached to an aromatic ring is 1. The molecule has 1 aromatic rings. The molecule has 3 rings (SSSR count). The predicted molar refractivity (Wildman–Crippen MR) is 59.2 cm³/mol. The summed E-state index contributed by atoms with van der Waals surface area (Å²) in [5.41, 5.74) is 7.80. The van der Waals surface area contributed by atoms with E-state index in [-0.39, 0.29) is 0 Å². The Labute approximate surface area is 90.0 Å². The minimum absolute atomic E-state index is 0.705. The Morgan fingerprint density at radius 2 is 2.20 bits per heavy atom. The number of aryl methyl sites for hydroxylation is 1. The summed E-state index contributed by atoms with van der Waals surface area (Å²) in [5.74, 6) is 0.810. The topological polar surface area (TPSA) is 47.1 Å². The first kappa shape index (κ1) is 9.21. The molecule has 2 fully saturated rings. The van der Waals surface area contributed by atoms with Crippen LogP contribution in [-0.2, 0) is 13.6 Å². The maximum absolute atomic E-state index is 5.92. The first-order valence-electron chi connectivity index (χ1n) is 5.67. The summed E-state index contributed by atoms with van der Waals surface area (Å²) in [7, 11) is 1.89. The molecule has 1 saturated heterocycles. The number of anilines is 1. The van der Waals surface area contributed by atoms with Gasteiger partial charge in [0.1, 0.15) is 5.82 Å². The molecule has 1 spiro atoms. The van der Waals surface area contributed by atoms with Gasteiger partial charge >= 0.3 is 0 Å². The molecule has 0 bridgehead atoms. The van der Waals surface area contributed by atoms with Gasteiger partial charge < -0.3 is 5.73 Å². The van der Waals surface area contributed by atoms with Crippen molar-refractivity contribution in [3.63, 3.8) is 0 Å². The second kappa shape index (κ2) is 2.98. The number of aromatic nitrogens is 2. The number of hydrogen-bond donors (Lipinski definition) is 1. The molecule has 0 atom stereocenters. The predicted octanol–water partition coefficient (Wildman–Crippen LogP) is 0.988. The lowest BCUT2D eigenvalue weighted by Crippen LogP contribution is -2.58. The fraction of sp³-hybridized carbons (Fsp3) is 0.727. The van der Waals surface area contributed by atoms with Gasteiger partial charge in [-0.25, -0.2) is 0 Å². The average molecular weight is 206 g/mol. The van der Waals surface area contributed by atoms with Gasteiger partial charge in [0.2, 0.25) is 0 Å². The Bertz CT molecular complexity index is 370. The van der Waals surface area contributed by atoms with E-state index in [4.69, 9.17) is 5.73 Å². The third kappa shape index (κ3) is 1.35. The normalized spacial score (nSPS) is 23.8. The van der Waals surface area contributed by atoms with E-state index < -0.39 is 0 Å². The lowest BCUT2D eigenvalue weighted by atomic mass is 9.63. The standard InChI is InChI=1S/C11H18N4/c1-14-10(12)9(5-13-14)6-15-7-11(8-15)3-2-4-11/h5H,2-4,6-8,12H2,1H3. The molecule has 0 amide bonds. The van der Waals surface area contributed by atoms with Crippen LogP contribution in [0.5, 0.6) is 0 Å². The first-order valence-corrected chi connectivity index (χ1v) is 5.67. The van der Waals surface area contributed by atoms with Crippen LogP contribution in [-0.4, -0.2) is 27.8 Å². The molecule has 0 radical (unpaired) electrons. The summed E-state index contributed by atoms with van der Waals surface area (Å²) in [6.07, 6.45) is 6.20. The smallest absolute Gasteiger partial charge is 0.125 e. The number of likely N-dealkylation sites (tertiary alicyclic amines) is 1. The highest BCUT2D eigenvalue weighted by atomic mass is 15.3. The summed E-state index contributed by atoms with van der Waals surface area (Å²) in [5, 5.41) is 4.16. The van der Waals surface area contributed by atoms with Crippen LogP contribution in [0.2, 0.25) is 0 Å². The second-order valence-corrected chi connectivity index (χ2v) is 5.18. The van der Waals surface area contributed by atoms with Crippen LogP contribution < -0.4 is 5.73 Å². The number of hydrogen-bond acceptors (Lipinski definition) is 3. The van der Waals surface area contributed by atoms with Crippen molar-refractivity contribution in [3.05, 3.63) is 11.8 Å². The summed E-state index contributed by atoms with van der Waals surface area (Å²) in [6.45, 7) is 3.50. The van der Waals surface area contributed by atoms with Crippen molar-refractivity contribution >= 4 is 5.82 Å². The molecule has 1 aliphatic heterocycles. The molecule has 2 N–H and O–H groups in total. The van der Waals surface area contributed by atoms with Crippen molar-refractivity contribution in [2.45, 2.75) is 25.8 Å². The minimum atomic E-state index is 0.705. The maximum Gasteiger partial charge on any atom is 0.125 e. The van der Waals surface area contributed by atoms with Gasteiger partial charge in [0.05, 0.1) is 6.20 Å². The summed E-state index contributed by atoms with van der Waals surface area (Å²) >= 11 is 0. The van der Waals surface area contributed by atoms with Crippen molar-refractivity contribution in [2.75, 3.05) is 18.8 Å². The number of nitrogens with zero attached hydrogens (tertiary/aromatic N) is 3. The van der Waals surface area contributed by atoms with Gasteiger partial charge in [0, 0.05) is 32.2 Å². The molecule has 82 valence electrons. The van der Waals surface area contributed by atoms with Crippen LogP contribution in [0.3, 0.4) is 0 Å². The van der Waals surface area contributed by atoms with Crippen molar-refractivity contribution in [2.24, 2.45) is 12.5 Å². The molecule has 1 aliphatic carbocycles. The van der Waals surface area contributed by atoms with Gasteiger partial charge in [-0.05, 0) is 18.3 Å². The average Bonchev–Trinajstić information content (AvgIpc) is 2.38. The molecule has 2 heterocycles. The monoisotopic (exact) mass is 206 g/mol. The van der Waals surface area contributed by atoms with Crippen LogP contribution in [0.25, 0.3) is 0 Å². The van der Waals surface area contributed by atoms with Gasteiger partial charge in [0.15, 0.2) is 0 Å². The van der Waals surface area contributed by atoms with Crippen molar-refractivity contribution < 1.29 is 0 Å². The lowest BCUT2D eigenvalue weighted by molar-refractivity contribution is -0.0644. The van der Waals surface area contributed by atoms with Crippen LogP contribution in [0.15, 0.2) is 6.20 Å². The fourth-order valence-corrected chi connectivity index (χ4v) is 2.86. The number of rotatable bonds is 2. The van der Waals surface area contributed by atoms with Crippen LogP contribution in [0.4, 0.5) is 5.82 Å². The zero-order chi connectivity index (χ0) is 10.5. The lowest BCUT2D eigenvalue weighted by Gasteiger charge is -2.56. The first-order chi connectivity index (χ1) is 7.19. The zero-order valence-corrected chi connectivity index (χ0v) is 9.24. The molecule has 4 heteroatoms. The van der Waals surface area contributed by atoms with E-state index in [1.807, 2.05) is 13.2 Å². The summed E-state index contributed by atoms with van der Waals surface area (Å²) < 4.78 is 1.74. The third-order valence-corrected chi connectivity index (χ3v) is 3.99. The van der Waals surface area contributed by atoms with Crippen LogP contribution in [0.1, 0.15) is 24.8 Å². The largest absolute Gasteiger partial charge is 0.384 e. The zero-order valence-electron chi connectivity index (χ0n) is 9.24. The van der Waals surface area contributed by atoms with E-state index in [1.54, 1.807) is 4.68 Å².